The van der Waals surface area contributed by atoms with Crippen molar-refractivity contribution < 1.29 is 14.2 Å². The van der Waals surface area contributed by atoms with E-state index in [1.54, 1.807) is 32.7 Å². The van der Waals surface area contributed by atoms with Crippen LogP contribution in [0.15, 0.2) is 29.6 Å². The van der Waals surface area contributed by atoms with Crippen molar-refractivity contribution in [1.82, 2.24) is 5.32 Å². The molecule has 0 radical (unpaired) electrons. The van der Waals surface area contributed by atoms with Crippen LogP contribution in [0.4, 0.5) is 0 Å². The topological polar surface area (TPSA) is 39.7 Å². The molecule has 0 amide bonds. The van der Waals surface area contributed by atoms with E-state index in [2.05, 4.69) is 11.4 Å². The van der Waals surface area contributed by atoms with Gasteiger partial charge in [0.05, 0.1) is 26.2 Å². The Balaban J connectivity index is 2.23. The maximum absolute atomic E-state index is 5.41. The fraction of sp³-hybridized carbons (Fsp3) is 0.375. The van der Waals surface area contributed by atoms with Gasteiger partial charge in [-0.15, -0.1) is 11.3 Å². The van der Waals surface area contributed by atoms with E-state index in [-0.39, 0.29) is 6.04 Å². The van der Waals surface area contributed by atoms with Crippen LogP contribution in [0.3, 0.4) is 0 Å². The predicted molar refractivity (Wildman–Crippen MR) is 85.9 cm³/mol. The molecule has 0 saturated heterocycles. The molecule has 0 bridgehead atoms. The van der Waals surface area contributed by atoms with E-state index >= 15 is 0 Å². The van der Waals surface area contributed by atoms with E-state index in [0.29, 0.717) is 0 Å². The first kappa shape index (κ1) is 15.7. The maximum atomic E-state index is 5.41. The second kappa shape index (κ2) is 7.33. The monoisotopic (exact) mass is 307 g/mol. The van der Waals surface area contributed by atoms with Crippen LogP contribution in [0.2, 0.25) is 0 Å². The Morgan fingerprint density at radius 3 is 2.33 bits per heavy atom. The largest absolute Gasteiger partial charge is 0.496 e. The lowest BCUT2D eigenvalue weighted by molar-refractivity contribution is 0.354. The van der Waals surface area contributed by atoms with Gasteiger partial charge in [-0.3, -0.25) is 0 Å². The molecular weight excluding hydrogens is 286 g/mol. The molecule has 2 rings (SSSR count). The Bertz CT molecular complexity index is 583. The van der Waals surface area contributed by atoms with Gasteiger partial charge < -0.3 is 19.5 Å². The zero-order valence-electron chi connectivity index (χ0n) is 12.8. The molecule has 0 aliphatic rings. The number of hydrogen-bond acceptors (Lipinski definition) is 5. The molecule has 0 aliphatic carbocycles. The van der Waals surface area contributed by atoms with E-state index in [9.17, 15) is 0 Å². The van der Waals surface area contributed by atoms with Gasteiger partial charge in [-0.1, -0.05) is 6.07 Å². The summed E-state index contributed by atoms with van der Waals surface area (Å²) in [5.74, 6) is 2.43. The molecule has 4 nitrogen and oxygen atoms in total. The van der Waals surface area contributed by atoms with Crippen molar-refractivity contribution in [3.8, 4) is 17.2 Å². The minimum Gasteiger partial charge on any atom is -0.496 e. The Kier molecular flexibility index (Phi) is 5.47. The average Bonchev–Trinajstić information content (AvgIpc) is 3.00. The number of rotatable bonds is 7. The van der Waals surface area contributed by atoms with E-state index in [4.69, 9.17) is 14.2 Å². The lowest BCUT2D eigenvalue weighted by Crippen LogP contribution is -2.18. The molecule has 1 unspecified atom stereocenters. The van der Waals surface area contributed by atoms with E-state index in [0.717, 1.165) is 23.7 Å². The molecule has 1 aromatic carbocycles. The summed E-state index contributed by atoms with van der Waals surface area (Å²) in [6, 6.07) is 8.22. The van der Waals surface area contributed by atoms with Gasteiger partial charge in [0.2, 0.25) is 0 Å². The van der Waals surface area contributed by atoms with Crippen molar-refractivity contribution >= 4 is 11.3 Å². The summed E-state index contributed by atoms with van der Waals surface area (Å²) in [7, 11) is 6.96. The van der Waals surface area contributed by atoms with Gasteiger partial charge in [0.15, 0.2) is 11.5 Å². The summed E-state index contributed by atoms with van der Waals surface area (Å²) in [6.07, 6.45) is 0.855. The number of methoxy groups -OCH3 is 3. The van der Waals surface area contributed by atoms with Crippen LogP contribution < -0.4 is 19.5 Å². The summed E-state index contributed by atoms with van der Waals surface area (Å²) in [4.78, 5) is 1.20. The van der Waals surface area contributed by atoms with Gasteiger partial charge >= 0.3 is 0 Å². The summed E-state index contributed by atoms with van der Waals surface area (Å²) in [6.45, 7) is 0. The number of thiophene rings is 1. The molecule has 0 fully saturated rings. The first-order chi connectivity index (χ1) is 10.2. The maximum Gasteiger partial charge on any atom is 0.160 e. The first-order valence-electron chi connectivity index (χ1n) is 6.73. The number of likely N-dealkylation sites (N-methyl/N-ethyl adjacent to an activating group) is 1. The normalized spacial score (nSPS) is 12.0. The van der Waals surface area contributed by atoms with Gasteiger partial charge in [0, 0.05) is 6.04 Å². The molecular formula is C16H21NO3S. The lowest BCUT2D eigenvalue weighted by Gasteiger charge is -2.17. The SMILES string of the molecule is CNC(Cc1ccc(OC)c(OC)c1)c1sccc1OC. The van der Waals surface area contributed by atoms with Crippen molar-refractivity contribution in [2.24, 2.45) is 0 Å². The minimum absolute atomic E-state index is 0.207. The second-order valence-electron chi connectivity index (χ2n) is 4.59. The van der Waals surface area contributed by atoms with E-state index < -0.39 is 0 Å². The fourth-order valence-electron chi connectivity index (χ4n) is 2.30. The molecule has 0 saturated carbocycles. The average molecular weight is 307 g/mol. The third-order valence-corrected chi connectivity index (χ3v) is 4.44. The van der Waals surface area contributed by atoms with Crippen LogP contribution in [0.1, 0.15) is 16.5 Å². The molecule has 0 spiro atoms. The van der Waals surface area contributed by atoms with Crippen molar-refractivity contribution in [2.75, 3.05) is 28.4 Å². The van der Waals surface area contributed by atoms with Crippen LogP contribution in [0.25, 0.3) is 0 Å². The van der Waals surface area contributed by atoms with E-state index in [1.807, 2.05) is 30.6 Å². The summed E-state index contributed by atoms with van der Waals surface area (Å²) in [5, 5.41) is 5.40. The van der Waals surface area contributed by atoms with Crippen LogP contribution in [-0.2, 0) is 6.42 Å². The van der Waals surface area contributed by atoms with Crippen LogP contribution in [0.5, 0.6) is 17.2 Å². The second-order valence-corrected chi connectivity index (χ2v) is 5.54. The molecule has 1 heterocycles. The fourth-order valence-corrected chi connectivity index (χ4v) is 3.27. The molecule has 1 N–H and O–H groups in total. The Hall–Kier alpha value is -1.72. The van der Waals surface area contributed by atoms with Crippen molar-refractivity contribution in [2.45, 2.75) is 12.5 Å². The molecule has 0 aliphatic heterocycles. The molecule has 1 atom stereocenters. The quantitative estimate of drug-likeness (QED) is 0.852. The standard InChI is InChI=1S/C16H21NO3S/c1-17-12(16-14(19-3)7-8-21-16)9-11-5-6-13(18-2)15(10-11)20-4/h5-8,10,12,17H,9H2,1-4H3. The Morgan fingerprint density at radius 2 is 1.71 bits per heavy atom. The van der Waals surface area contributed by atoms with E-state index in [1.165, 1.54) is 10.4 Å². The zero-order chi connectivity index (χ0) is 15.2. The summed E-state index contributed by atoms with van der Waals surface area (Å²) in [5.41, 5.74) is 1.18. The van der Waals surface area contributed by atoms with Crippen LogP contribution in [0, 0.1) is 0 Å². The molecule has 114 valence electrons. The van der Waals surface area contributed by atoms with Gasteiger partial charge in [-0.25, -0.2) is 0 Å². The number of nitrogens with one attached hydrogen (secondary N) is 1. The lowest BCUT2D eigenvalue weighted by atomic mass is 10.0. The third-order valence-electron chi connectivity index (χ3n) is 3.43. The van der Waals surface area contributed by atoms with Gasteiger partial charge in [0.25, 0.3) is 0 Å². The van der Waals surface area contributed by atoms with Gasteiger partial charge in [0.1, 0.15) is 5.75 Å². The molecule has 2 aromatic rings. The highest BCUT2D eigenvalue weighted by Gasteiger charge is 2.17. The van der Waals surface area contributed by atoms with Gasteiger partial charge in [-0.05, 0) is 42.6 Å². The highest BCUT2D eigenvalue weighted by molar-refractivity contribution is 7.10. The first-order valence-corrected chi connectivity index (χ1v) is 7.61. The summed E-state index contributed by atoms with van der Waals surface area (Å²) >= 11 is 1.70. The smallest absolute Gasteiger partial charge is 0.160 e. The van der Waals surface area contributed by atoms with Crippen LogP contribution >= 0.6 is 11.3 Å². The Morgan fingerprint density at radius 1 is 1.00 bits per heavy atom. The number of ether oxygens (including phenoxy) is 3. The highest BCUT2D eigenvalue weighted by atomic mass is 32.1. The zero-order valence-corrected chi connectivity index (χ0v) is 13.6. The molecule has 5 heteroatoms. The Labute approximate surface area is 129 Å². The number of hydrogen-bond donors (Lipinski definition) is 1. The van der Waals surface area contributed by atoms with Crippen molar-refractivity contribution in [3.05, 3.63) is 40.1 Å². The predicted octanol–water partition coefficient (Wildman–Crippen LogP) is 3.28. The highest BCUT2D eigenvalue weighted by Crippen LogP contribution is 2.34. The van der Waals surface area contributed by atoms with Crippen molar-refractivity contribution in [1.29, 1.82) is 0 Å². The van der Waals surface area contributed by atoms with Crippen LogP contribution in [-0.4, -0.2) is 28.4 Å². The number of benzene rings is 1. The van der Waals surface area contributed by atoms with Crippen molar-refractivity contribution in [3.63, 3.8) is 0 Å². The summed E-state index contributed by atoms with van der Waals surface area (Å²) < 4.78 is 16.0. The third kappa shape index (κ3) is 3.49. The molecule has 1 aromatic heterocycles. The molecule has 21 heavy (non-hydrogen) atoms. The van der Waals surface area contributed by atoms with Gasteiger partial charge in [-0.2, -0.15) is 0 Å². The minimum atomic E-state index is 0.207.